The number of carbonyl (C=O) groups excluding carboxylic acids is 1. The van der Waals surface area contributed by atoms with Crippen LogP contribution in [0.1, 0.15) is 26.3 Å². The van der Waals surface area contributed by atoms with E-state index in [4.69, 9.17) is 0 Å². The van der Waals surface area contributed by atoms with Gasteiger partial charge in [-0.05, 0) is 5.41 Å². The molecule has 0 saturated heterocycles. The van der Waals surface area contributed by atoms with E-state index in [2.05, 4.69) is 10.6 Å². The quantitative estimate of drug-likeness (QED) is 0.569. The van der Waals surface area contributed by atoms with E-state index in [1.54, 1.807) is 18.2 Å². The molecule has 1 rings (SSSR count). The van der Waals surface area contributed by atoms with Crippen LogP contribution >= 0.6 is 0 Å². The molecule has 0 aliphatic carbocycles. The SMILES string of the molecule is CC(C)(C)C(O)CNC(=O)NCc1ccccc1[N+](=O)[O-]. The van der Waals surface area contributed by atoms with E-state index >= 15 is 0 Å². The van der Waals surface area contributed by atoms with Gasteiger partial charge in [-0.1, -0.05) is 39.0 Å². The number of aliphatic hydroxyl groups excluding tert-OH is 1. The largest absolute Gasteiger partial charge is 0.391 e. The Morgan fingerprint density at radius 2 is 1.95 bits per heavy atom. The molecule has 0 aromatic heterocycles. The van der Waals surface area contributed by atoms with Crippen LogP contribution in [-0.2, 0) is 6.54 Å². The Morgan fingerprint density at radius 1 is 1.33 bits per heavy atom. The Morgan fingerprint density at radius 3 is 2.52 bits per heavy atom. The number of benzene rings is 1. The zero-order chi connectivity index (χ0) is 16.0. The van der Waals surface area contributed by atoms with Gasteiger partial charge in [0.2, 0.25) is 0 Å². The van der Waals surface area contributed by atoms with Crippen LogP contribution in [0.15, 0.2) is 24.3 Å². The Balaban J connectivity index is 2.49. The van der Waals surface area contributed by atoms with Crippen molar-refractivity contribution in [2.45, 2.75) is 33.4 Å². The van der Waals surface area contributed by atoms with Gasteiger partial charge in [0, 0.05) is 18.2 Å². The first-order valence-electron chi connectivity index (χ1n) is 6.64. The minimum absolute atomic E-state index is 0.0347. The van der Waals surface area contributed by atoms with Crippen molar-refractivity contribution < 1.29 is 14.8 Å². The summed E-state index contributed by atoms with van der Waals surface area (Å²) in [7, 11) is 0. The van der Waals surface area contributed by atoms with Gasteiger partial charge in [0.25, 0.3) is 5.69 Å². The van der Waals surface area contributed by atoms with E-state index in [0.717, 1.165) is 0 Å². The summed E-state index contributed by atoms with van der Waals surface area (Å²) < 4.78 is 0. The van der Waals surface area contributed by atoms with Crippen LogP contribution in [0, 0.1) is 15.5 Å². The lowest BCUT2D eigenvalue weighted by Crippen LogP contribution is -2.43. The zero-order valence-electron chi connectivity index (χ0n) is 12.4. The third-order valence-electron chi connectivity index (χ3n) is 3.08. The molecule has 0 bridgehead atoms. The topological polar surface area (TPSA) is 104 Å². The van der Waals surface area contributed by atoms with Gasteiger partial charge in [0.1, 0.15) is 0 Å². The molecule has 0 aliphatic heterocycles. The van der Waals surface area contributed by atoms with Crippen molar-refractivity contribution in [3.8, 4) is 0 Å². The molecule has 1 aromatic rings. The molecule has 1 atom stereocenters. The Bertz CT molecular complexity index is 511. The number of nitro groups is 1. The summed E-state index contributed by atoms with van der Waals surface area (Å²) in [4.78, 5) is 22.0. The molecule has 0 fully saturated rings. The molecule has 0 aliphatic rings. The number of hydrogen-bond acceptors (Lipinski definition) is 4. The number of nitro benzene ring substituents is 1. The number of rotatable bonds is 5. The molecule has 1 unspecified atom stereocenters. The first-order valence-corrected chi connectivity index (χ1v) is 6.64. The minimum atomic E-state index is -0.672. The summed E-state index contributed by atoms with van der Waals surface area (Å²) in [6.07, 6.45) is -0.672. The number of amides is 2. The van der Waals surface area contributed by atoms with E-state index in [9.17, 15) is 20.0 Å². The molecule has 0 saturated carbocycles. The zero-order valence-corrected chi connectivity index (χ0v) is 12.4. The van der Waals surface area contributed by atoms with Gasteiger partial charge in [0.15, 0.2) is 0 Å². The molecular formula is C14H21N3O4. The van der Waals surface area contributed by atoms with Crippen LogP contribution in [0.3, 0.4) is 0 Å². The molecule has 0 heterocycles. The van der Waals surface area contributed by atoms with Gasteiger partial charge >= 0.3 is 6.03 Å². The van der Waals surface area contributed by atoms with E-state index < -0.39 is 17.1 Å². The highest BCUT2D eigenvalue weighted by Gasteiger charge is 2.22. The van der Waals surface area contributed by atoms with Crippen LogP contribution in [0.2, 0.25) is 0 Å². The highest BCUT2D eigenvalue weighted by molar-refractivity contribution is 5.74. The number of nitrogens with zero attached hydrogens (tertiary/aromatic N) is 1. The van der Waals surface area contributed by atoms with Crippen LogP contribution in [0.5, 0.6) is 0 Å². The van der Waals surface area contributed by atoms with Gasteiger partial charge in [-0.3, -0.25) is 10.1 Å². The van der Waals surface area contributed by atoms with Crippen molar-refractivity contribution >= 4 is 11.7 Å². The number of nitrogens with one attached hydrogen (secondary N) is 2. The highest BCUT2D eigenvalue weighted by Crippen LogP contribution is 2.18. The summed E-state index contributed by atoms with van der Waals surface area (Å²) in [6.45, 7) is 5.76. The van der Waals surface area contributed by atoms with Crippen molar-refractivity contribution in [2.75, 3.05) is 6.54 Å². The molecule has 7 heteroatoms. The van der Waals surface area contributed by atoms with Crippen LogP contribution in [0.25, 0.3) is 0 Å². The monoisotopic (exact) mass is 295 g/mol. The average Bonchev–Trinajstić information content (AvgIpc) is 2.41. The summed E-state index contributed by atoms with van der Waals surface area (Å²) in [5, 5.41) is 25.7. The van der Waals surface area contributed by atoms with Gasteiger partial charge in [0.05, 0.1) is 17.6 Å². The number of urea groups is 1. The summed E-state index contributed by atoms with van der Waals surface area (Å²) >= 11 is 0. The highest BCUT2D eigenvalue weighted by atomic mass is 16.6. The molecule has 0 radical (unpaired) electrons. The van der Waals surface area contributed by atoms with Gasteiger partial charge in [-0.2, -0.15) is 0 Å². The maximum absolute atomic E-state index is 11.6. The summed E-state index contributed by atoms with van der Waals surface area (Å²) in [5.74, 6) is 0. The predicted octanol–water partition coefficient (Wildman–Crippen LogP) is 1.80. The second kappa shape index (κ2) is 7.03. The van der Waals surface area contributed by atoms with Crippen molar-refractivity contribution in [3.63, 3.8) is 0 Å². The Hall–Kier alpha value is -2.15. The fourth-order valence-electron chi connectivity index (χ4n) is 1.57. The maximum atomic E-state index is 11.6. The second-order valence-electron chi connectivity index (χ2n) is 5.83. The lowest BCUT2D eigenvalue weighted by Gasteiger charge is -2.25. The third-order valence-corrected chi connectivity index (χ3v) is 3.08. The number of hydrogen-bond donors (Lipinski definition) is 3. The molecule has 2 amide bonds. The lowest BCUT2D eigenvalue weighted by molar-refractivity contribution is -0.385. The first kappa shape index (κ1) is 16.9. The molecule has 3 N–H and O–H groups in total. The van der Waals surface area contributed by atoms with Crippen molar-refractivity contribution in [2.24, 2.45) is 5.41 Å². The number of para-hydroxylation sites is 1. The lowest BCUT2D eigenvalue weighted by atomic mass is 9.89. The average molecular weight is 295 g/mol. The normalized spacial score (nSPS) is 12.6. The first-order chi connectivity index (χ1) is 9.71. The summed E-state index contributed by atoms with van der Waals surface area (Å²) in [6, 6.07) is 5.74. The second-order valence-corrected chi connectivity index (χ2v) is 5.83. The molecule has 0 spiro atoms. The number of aliphatic hydroxyl groups is 1. The van der Waals surface area contributed by atoms with Gasteiger partial charge in [-0.15, -0.1) is 0 Å². The molecule has 21 heavy (non-hydrogen) atoms. The summed E-state index contributed by atoms with van der Waals surface area (Å²) in [5.41, 5.74) is 0.0624. The van der Waals surface area contributed by atoms with Crippen LogP contribution < -0.4 is 10.6 Å². The van der Waals surface area contributed by atoms with E-state index in [1.807, 2.05) is 20.8 Å². The van der Waals surface area contributed by atoms with E-state index in [0.29, 0.717) is 5.56 Å². The molecular weight excluding hydrogens is 274 g/mol. The molecule has 116 valence electrons. The van der Waals surface area contributed by atoms with E-state index in [-0.39, 0.29) is 24.2 Å². The standard InChI is InChI=1S/C14H21N3O4/c1-14(2,3)12(18)9-16-13(19)15-8-10-6-4-5-7-11(10)17(20)21/h4-7,12,18H,8-9H2,1-3H3,(H2,15,16,19). The van der Waals surface area contributed by atoms with Crippen molar-refractivity contribution in [3.05, 3.63) is 39.9 Å². The van der Waals surface area contributed by atoms with Gasteiger partial charge in [-0.25, -0.2) is 4.79 Å². The number of carbonyl (C=O) groups is 1. The molecule has 1 aromatic carbocycles. The fourth-order valence-corrected chi connectivity index (χ4v) is 1.57. The molecule has 7 nitrogen and oxygen atoms in total. The van der Waals surface area contributed by atoms with Gasteiger partial charge < -0.3 is 15.7 Å². The Kier molecular flexibility index (Phi) is 5.66. The van der Waals surface area contributed by atoms with Crippen molar-refractivity contribution in [1.82, 2.24) is 10.6 Å². The van der Waals surface area contributed by atoms with E-state index in [1.165, 1.54) is 6.07 Å². The Labute approximate surface area is 123 Å². The maximum Gasteiger partial charge on any atom is 0.315 e. The fraction of sp³-hybridized carbons (Fsp3) is 0.500. The minimum Gasteiger partial charge on any atom is -0.391 e. The smallest absolute Gasteiger partial charge is 0.315 e. The van der Waals surface area contributed by atoms with Crippen LogP contribution in [0.4, 0.5) is 10.5 Å². The third kappa shape index (κ3) is 5.39. The predicted molar refractivity (Wildman–Crippen MR) is 78.8 cm³/mol. The van der Waals surface area contributed by atoms with Crippen LogP contribution in [-0.4, -0.2) is 28.7 Å². The van der Waals surface area contributed by atoms with Crippen molar-refractivity contribution in [1.29, 1.82) is 0 Å².